The zero-order valence-corrected chi connectivity index (χ0v) is 8.28. The van der Waals surface area contributed by atoms with Crippen molar-refractivity contribution in [1.82, 2.24) is 4.98 Å². The lowest BCUT2D eigenvalue weighted by Crippen LogP contribution is -1.72. The van der Waals surface area contributed by atoms with E-state index in [0.29, 0.717) is 0 Å². The molecule has 3 heteroatoms. The number of benzene rings is 1. The second-order valence-corrected chi connectivity index (χ2v) is 2.82. The lowest BCUT2D eigenvalue weighted by atomic mass is 10.2. The van der Waals surface area contributed by atoms with Crippen molar-refractivity contribution in [2.75, 3.05) is 14.2 Å². The normalized spacial score (nSPS) is 9.29. The Bertz CT molecular complexity index is 406. The van der Waals surface area contributed by atoms with E-state index in [1.54, 1.807) is 20.4 Å². The third kappa shape index (κ3) is 2.20. The second kappa shape index (κ2) is 5.19. The van der Waals surface area contributed by atoms with Crippen LogP contribution in [0, 0.1) is 0 Å². The van der Waals surface area contributed by atoms with Crippen LogP contribution >= 0.6 is 0 Å². The molecule has 1 N–H and O–H groups in total. The largest absolute Gasteiger partial charge is 0.388 e. The number of fused-ring (bicyclic) bond motifs is 1. The third-order valence-corrected chi connectivity index (χ3v) is 1.75. The molecule has 0 fully saturated rings. The highest BCUT2D eigenvalue weighted by Crippen LogP contribution is 2.14. The fraction of sp³-hybridized carbons (Fsp3) is 0.182. The van der Waals surface area contributed by atoms with Gasteiger partial charge >= 0.3 is 0 Å². The Morgan fingerprint density at radius 2 is 1.93 bits per heavy atom. The number of aldehydes is 1. The first-order chi connectivity index (χ1) is 6.83. The first kappa shape index (κ1) is 10.5. The first-order valence-corrected chi connectivity index (χ1v) is 4.25. The van der Waals surface area contributed by atoms with E-state index < -0.39 is 0 Å². The molecule has 2 rings (SSSR count). The molecule has 0 aliphatic heterocycles. The standard InChI is InChI=1S/C9H7NO.C2H6O/c11-6-7-5-10-9-4-2-1-3-8(7)9;1-3-2/h1-6,10H;1-2H3. The van der Waals surface area contributed by atoms with Gasteiger partial charge in [-0.25, -0.2) is 0 Å². The van der Waals surface area contributed by atoms with Gasteiger partial charge in [0, 0.05) is 36.9 Å². The number of H-pyrrole nitrogens is 1. The Morgan fingerprint density at radius 3 is 2.57 bits per heavy atom. The summed E-state index contributed by atoms with van der Waals surface area (Å²) in [6, 6.07) is 7.73. The molecule has 1 aromatic carbocycles. The van der Waals surface area contributed by atoms with Crippen LogP contribution in [0.15, 0.2) is 30.5 Å². The van der Waals surface area contributed by atoms with E-state index in [1.165, 1.54) is 0 Å². The van der Waals surface area contributed by atoms with Crippen LogP contribution < -0.4 is 0 Å². The number of hydrogen-bond donors (Lipinski definition) is 1. The monoisotopic (exact) mass is 191 g/mol. The molecule has 0 aliphatic carbocycles. The highest BCUT2D eigenvalue weighted by molar-refractivity contribution is 5.96. The fourth-order valence-corrected chi connectivity index (χ4v) is 1.19. The van der Waals surface area contributed by atoms with E-state index in [9.17, 15) is 4.79 Å². The number of ether oxygens (including phenoxy) is 1. The van der Waals surface area contributed by atoms with E-state index in [2.05, 4.69) is 9.72 Å². The molecule has 0 aliphatic rings. The average molecular weight is 191 g/mol. The predicted octanol–water partition coefficient (Wildman–Crippen LogP) is 2.24. The topological polar surface area (TPSA) is 42.1 Å². The Labute approximate surface area is 82.7 Å². The minimum Gasteiger partial charge on any atom is -0.388 e. The SMILES string of the molecule is COC.O=Cc1c[nH]c2ccccc12. The highest BCUT2D eigenvalue weighted by atomic mass is 16.4. The minimum atomic E-state index is 0.723. The zero-order chi connectivity index (χ0) is 10.4. The van der Waals surface area contributed by atoms with Crippen LogP contribution in [0.1, 0.15) is 10.4 Å². The molecule has 0 unspecified atom stereocenters. The molecule has 1 aromatic heterocycles. The summed E-state index contributed by atoms with van der Waals surface area (Å²) in [6.45, 7) is 0. The molecular formula is C11H13NO2. The average Bonchev–Trinajstić information content (AvgIpc) is 2.62. The summed E-state index contributed by atoms with van der Waals surface area (Å²) >= 11 is 0. The molecule has 0 saturated carbocycles. The van der Waals surface area contributed by atoms with Crippen LogP contribution in [0.3, 0.4) is 0 Å². The van der Waals surface area contributed by atoms with Crippen molar-refractivity contribution in [3.05, 3.63) is 36.0 Å². The van der Waals surface area contributed by atoms with Crippen LogP contribution in [0.2, 0.25) is 0 Å². The molecule has 74 valence electrons. The van der Waals surface area contributed by atoms with Crippen LogP contribution in [0.4, 0.5) is 0 Å². The summed E-state index contributed by atoms with van der Waals surface area (Å²) in [4.78, 5) is 13.5. The quantitative estimate of drug-likeness (QED) is 0.702. The number of nitrogens with one attached hydrogen (secondary N) is 1. The Hall–Kier alpha value is -1.61. The number of carbonyl (C=O) groups excluding carboxylic acids is 1. The number of carbonyl (C=O) groups is 1. The van der Waals surface area contributed by atoms with Crippen molar-refractivity contribution in [2.45, 2.75) is 0 Å². The van der Waals surface area contributed by atoms with Crippen LogP contribution in [0.5, 0.6) is 0 Å². The van der Waals surface area contributed by atoms with E-state index in [0.717, 1.165) is 22.8 Å². The molecule has 0 amide bonds. The van der Waals surface area contributed by atoms with Crippen LogP contribution in [-0.2, 0) is 4.74 Å². The highest BCUT2D eigenvalue weighted by Gasteiger charge is 1.98. The molecular weight excluding hydrogens is 178 g/mol. The summed E-state index contributed by atoms with van der Waals surface area (Å²) in [5, 5.41) is 0.988. The third-order valence-electron chi connectivity index (χ3n) is 1.75. The number of hydrogen-bond acceptors (Lipinski definition) is 2. The Kier molecular flexibility index (Phi) is 3.88. The summed E-state index contributed by atoms with van der Waals surface area (Å²) < 4.78 is 4.25. The molecule has 0 bridgehead atoms. The van der Waals surface area contributed by atoms with Crippen molar-refractivity contribution in [1.29, 1.82) is 0 Å². The molecule has 14 heavy (non-hydrogen) atoms. The minimum absolute atomic E-state index is 0.723. The summed E-state index contributed by atoms with van der Waals surface area (Å²) in [6.07, 6.45) is 2.58. The number of methoxy groups -OCH3 is 1. The molecule has 0 atom stereocenters. The van der Waals surface area contributed by atoms with Gasteiger partial charge < -0.3 is 9.72 Å². The maximum atomic E-state index is 10.5. The van der Waals surface area contributed by atoms with Gasteiger partial charge in [0.1, 0.15) is 0 Å². The van der Waals surface area contributed by atoms with Gasteiger partial charge in [0.15, 0.2) is 6.29 Å². The van der Waals surface area contributed by atoms with Gasteiger partial charge in [-0.2, -0.15) is 0 Å². The number of aromatic amines is 1. The summed E-state index contributed by atoms with van der Waals surface area (Å²) in [5.41, 5.74) is 1.73. The zero-order valence-electron chi connectivity index (χ0n) is 8.28. The molecule has 0 radical (unpaired) electrons. The van der Waals surface area contributed by atoms with Gasteiger partial charge in [0.25, 0.3) is 0 Å². The van der Waals surface area contributed by atoms with E-state index in [4.69, 9.17) is 0 Å². The lowest BCUT2D eigenvalue weighted by Gasteiger charge is -1.86. The number of para-hydroxylation sites is 1. The molecule has 1 heterocycles. The molecule has 2 aromatic rings. The van der Waals surface area contributed by atoms with Gasteiger partial charge in [0.2, 0.25) is 0 Å². The number of rotatable bonds is 1. The maximum Gasteiger partial charge on any atom is 0.152 e. The Morgan fingerprint density at radius 1 is 1.29 bits per heavy atom. The van der Waals surface area contributed by atoms with Gasteiger partial charge in [-0.3, -0.25) is 4.79 Å². The summed E-state index contributed by atoms with van der Waals surface area (Å²) in [5.74, 6) is 0. The van der Waals surface area contributed by atoms with Crippen molar-refractivity contribution in [2.24, 2.45) is 0 Å². The van der Waals surface area contributed by atoms with E-state index in [-0.39, 0.29) is 0 Å². The first-order valence-electron chi connectivity index (χ1n) is 4.25. The Balaban J connectivity index is 0.000000293. The van der Waals surface area contributed by atoms with Crippen LogP contribution in [0.25, 0.3) is 10.9 Å². The fourth-order valence-electron chi connectivity index (χ4n) is 1.19. The van der Waals surface area contributed by atoms with Crippen molar-refractivity contribution in [3.63, 3.8) is 0 Å². The van der Waals surface area contributed by atoms with Gasteiger partial charge in [-0.15, -0.1) is 0 Å². The predicted molar refractivity (Wildman–Crippen MR) is 56.6 cm³/mol. The van der Waals surface area contributed by atoms with E-state index >= 15 is 0 Å². The smallest absolute Gasteiger partial charge is 0.152 e. The van der Waals surface area contributed by atoms with Crippen LogP contribution in [-0.4, -0.2) is 25.5 Å². The summed E-state index contributed by atoms with van der Waals surface area (Å²) in [7, 11) is 3.25. The molecule has 0 saturated heterocycles. The molecule has 0 spiro atoms. The van der Waals surface area contributed by atoms with E-state index in [1.807, 2.05) is 24.3 Å². The van der Waals surface area contributed by atoms with Gasteiger partial charge in [0.05, 0.1) is 0 Å². The number of aromatic nitrogens is 1. The maximum absolute atomic E-state index is 10.5. The lowest BCUT2D eigenvalue weighted by molar-refractivity contribution is 0.112. The molecule has 3 nitrogen and oxygen atoms in total. The van der Waals surface area contributed by atoms with Crippen molar-refractivity contribution >= 4 is 17.2 Å². The van der Waals surface area contributed by atoms with Crippen molar-refractivity contribution in [3.8, 4) is 0 Å². The van der Waals surface area contributed by atoms with Gasteiger partial charge in [-0.1, -0.05) is 18.2 Å². The van der Waals surface area contributed by atoms with Crippen molar-refractivity contribution < 1.29 is 9.53 Å². The van der Waals surface area contributed by atoms with Gasteiger partial charge in [-0.05, 0) is 6.07 Å². The second-order valence-electron chi connectivity index (χ2n) is 2.82.